The Morgan fingerprint density at radius 1 is 1.14 bits per heavy atom. The van der Waals surface area contributed by atoms with Gasteiger partial charge >= 0.3 is 5.97 Å². The third kappa shape index (κ3) is 5.40. The molecule has 3 rings (SSSR count). The van der Waals surface area contributed by atoms with Gasteiger partial charge in [0.05, 0.1) is 11.6 Å². The number of nitriles is 1. The van der Waals surface area contributed by atoms with Gasteiger partial charge in [-0.2, -0.15) is 5.26 Å². The van der Waals surface area contributed by atoms with Gasteiger partial charge < -0.3 is 15.4 Å². The number of rotatable bonds is 7. The lowest BCUT2D eigenvalue weighted by molar-refractivity contribution is -0.119. The molecule has 0 aliphatic carbocycles. The molecule has 1 aromatic heterocycles. The van der Waals surface area contributed by atoms with Crippen molar-refractivity contribution in [3.8, 4) is 6.07 Å². The zero-order valence-electron chi connectivity index (χ0n) is 14.7. The first-order chi connectivity index (χ1) is 13.6. The van der Waals surface area contributed by atoms with E-state index >= 15 is 0 Å². The minimum absolute atomic E-state index is 0.139. The van der Waals surface area contributed by atoms with E-state index in [1.807, 2.05) is 36.4 Å². The summed E-state index contributed by atoms with van der Waals surface area (Å²) in [4.78, 5) is 28.1. The molecule has 3 aromatic rings. The van der Waals surface area contributed by atoms with Gasteiger partial charge in [0.25, 0.3) is 5.91 Å². The number of carbonyl (C=O) groups excluding carboxylic acids is 2. The molecule has 0 saturated heterocycles. The number of thiazole rings is 1. The lowest BCUT2D eigenvalue weighted by Crippen LogP contribution is -2.21. The maximum absolute atomic E-state index is 12.1. The average Bonchev–Trinajstić information content (AvgIpc) is 3.20. The Morgan fingerprint density at radius 2 is 1.96 bits per heavy atom. The molecular formula is C20H16N4O3S. The third-order valence-electron chi connectivity index (χ3n) is 3.61. The van der Waals surface area contributed by atoms with Gasteiger partial charge in [-0.05, 0) is 23.8 Å². The van der Waals surface area contributed by atoms with E-state index in [1.54, 1.807) is 23.6 Å². The summed E-state index contributed by atoms with van der Waals surface area (Å²) in [5.41, 5.74) is 2.12. The number of carbonyl (C=O) groups is 2. The normalized spacial score (nSPS) is 9.96. The molecular weight excluding hydrogens is 376 g/mol. The molecule has 0 bridgehead atoms. The zero-order chi connectivity index (χ0) is 19.8. The summed E-state index contributed by atoms with van der Waals surface area (Å²) >= 11 is 1.28. The monoisotopic (exact) mass is 392 g/mol. The second kappa shape index (κ2) is 9.30. The molecule has 0 aliphatic rings. The Hall–Kier alpha value is -3.70. The van der Waals surface area contributed by atoms with Crippen molar-refractivity contribution >= 4 is 34.0 Å². The summed E-state index contributed by atoms with van der Waals surface area (Å²) < 4.78 is 5.00. The number of hydrogen-bond acceptors (Lipinski definition) is 7. The smallest absolute Gasteiger partial charge is 0.358 e. The van der Waals surface area contributed by atoms with Crippen molar-refractivity contribution < 1.29 is 14.3 Å². The number of nitrogens with one attached hydrogen (secondary N) is 2. The van der Waals surface area contributed by atoms with Crippen LogP contribution in [0.15, 0.2) is 60.0 Å². The second-order valence-corrected chi connectivity index (χ2v) is 6.55. The van der Waals surface area contributed by atoms with Gasteiger partial charge in [0.2, 0.25) is 0 Å². The minimum Gasteiger partial charge on any atom is -0.451 e. The molecule has 0 unspecified atom stereocenters. The molecule has 0 fully saturated rings. The molecule has 1 heterocycles. The highest BCUT2D eigenvalue weighted by Crippen LogP contribution is 2.17. The Labute approximate surface area is 165 Å². The number of aromatic nitrogens is 1. The van der Waals surface area contributed by atoms with Crippen molar-refractivity contribution in [2.75, 3.05) is 17.2 Å². The van der Waals surface area contributed by atoms with Crippen LogP contribution in [0.25, 0.3) is 0 Å². The van der Waals surface area contributed by atoms with Crippen LogP contribution >= 0.6 is 11.3 Å². The fraction of sp³-hybridized carbons (Fsp3) is 0.100. The third-order valence-corrected chi connectivity index (χ3v) is 4.41. The standard InChI is InChI=1S/C20H16N4O3S/c21-10-15-7-4-8-16(9-15)23-18(25)12-27-19(26)17-13-28-20(24-17)22-11-14-5-2-1-3-6-14/h1-9,13H,11-12H2,(H,22,24)(H,23,25). The first kappa shape index (κ1) is 19.1. The number of esters is 1. The van der Waals surface area contributed by atoms with Gasteiger partial charge in [-0.3, -0.25) is 4.79 Å². The van der Waals surface area contributed by atoms with E-state index in [-0.39, 0.29) is 5.69 Å². The van der Waals surface area contributed by atoms with Crippen LogP contribution in [-0.4, -0.2) is 23.5 Å². The van der Waals surface area contributed by atoms with Gasteiger partial charge in [-0.15, -0.1) is 11.3 Å². The zero-order valence-corrected chi connectivity index (χ0v) is 15.5. The van der Waals surface area contributed by atoms with Gasteiger partial charge in [-0.1, -0.05) is 36.4 Å². The van der Waals surface area contributed by atoms with Crippen LogP contribution < -0.4 is 10.6 Å². The van der Waals surface area contributed by atoms with Gasteiger partial charge in [0.1, 0.15) is 0 Å². The van der Waals surface area contributed by atoms with Gasteiger partial charge in [-0.25, -0.2) is 9.78 Å². The summed E-state index contributed by atoms with van der Waals surface area (Å²) in [5.74, 6) is -1.17. The van der Waals surface area contributed by atoms with Crippen LogP contribution in [0.1, 0.15) is 21.6 Å². The molecule has 2 N–H and O–H groups in total. The highest BCUT2D eigenvalue weighted by Gasteiger charge is 2.14. The fourth-order valence-electron chi connectivity index (χ4n) is 2.29. The highest BCUT2D eigenvalue weighted by atomic mass is 32.1. The second-order valence-electron chi connectivity index (χ2n) is 5.69. The molecule has 0 saturated carbocycles. The van der Waals surface area contributed by atoms with Crippen molar-refractivity contribution in [2.45, 2.75) is 6.54 Å². The van der Waals surface area contributed by atoms with E-state index in [9.17, 15) is 9.59 Å². The summed E-state index contributed by atoms with van der Waals surface area (Å²) in [6.07, 6.45) is 0. The first-order valence-corrected chi connectivity index (χ1v) is 9.22. The SMILES string of the molecule is N#Cc1cccc(NC(=O)COC(=O)c2csc(NCc3ccccc3)n2)c1. The van der Waals surface area contributed by atoms with Gasteiger partial charge in [0, 0.05) is 17.6 Å². The summed E-state index contributed by atoms with van der Waals surface area (Å²) in [6.45, 7) is 0.146. The fourth-order valence-corrected chi connectivity index (χ4v) is 2.97. The Bertz CT molecular complexity index is 1010. The Kier molecular flexibility index (Phi) is 6.33. The number of hydrogen-bond donors (Lipinski definition) is 2. The number of benzene rings is 2. The molecule has 0 aliphatic heterocycles. The lowest BCUT2D eigenvalue weighted by Gasteiger charge is -2.06. The molecule has 28 heavy (non-hydrogen) atoms. The van der Waals surface area contributed by atoms with Crippen molar-refractivity contribution in [1.29, 1.82) is 5.26 Å². The predicted octanol–water partition coefficient (Wildman–Crippen LogP) is 3.42. The van der Waals surface area contributed by atoms with Crippen LogP contribution in [0.5, 0.6) is 0 Å². The van der Waals surface area contributed by atoms with Crippen LogP contribution in [-0.2, 0) is 16.1 Å². The van der Waals surface area contributed by atoms with E-state index in [0.717, 1.165) is 5.56 Å². The average molecular weight is 392 g/mol. The number of amides is 1. The quantitative estimate of drug-likeness (QED) is 0.597. The van der Waals surface area contributed by atoms with E-state index in [1.165, 1.54) is 17.4 Å². The minimum atomic E-state index is -0.676. The summed E-state index contributed by atoms with van der Waals surface area (Å²) in [7, 11) is 0. The highest BCUT2D eigenvalue weighted by molar-refractivity contribution is 7.13. The van der Waals surface area contributed by atoms with Crippen molar-refractivity contribution in [1.82, 2.24) is 4.98 Å². The Balaban J connectivity index is 1.47. The van der Waals surface area contributed by atoms with E-state index in [4.69, 9.17) is 10.00 Å². The maximum Gasteiger partial charge on any atom is 0.358 e. The molecule has 1 amide bonds. The van der Waals surface area contributed by atoms with E-state index < -0.39 is 18.5 Å². The van der Waals surface area contributed by atoms with Crippen LogP contribution in [0.3, 0.4) is 0 Å². The molecule has 140 valence electrons. The predicted molar refractivity (Wildman–Crippen MR) is 106 cm³/mol. The van der Waals surface area contributed by atoms with Crippen molar-refractivity contribution in [3.63, 3.8) is 0 Å². The molecule has 0 atom stereocenters. The number of ether oxygens (including phenoxy) is 1. The van der Waals surface area contributed by atoms with Crippen molar-refractivity contribution in [2.24, 2.45) is 0 Å². The molecule has 8 heteroatoms. The van der Waals surface area contributed by atoms with Crippen LogP contribution in [0, 0.1) is 11.3 Å². The molecule has 0 radical (unpaired) electrons. The lowest BCUT2D eigenvalue weighted by atomic mass is 10.2. The van der Waals surface area contributed by atoms with E-state index in [2.05, 4.69) is 15.6 Å². The molecule has 7 nitrogen and oxygen atoms in total. The molecule has 0 spiro atoms. The first-order valence-electron chi connectivity index (χ1n) is 8.34. The van der Waals surface area contributed by atoms with Crippen LogP contribution in [0.4, 0.5) is 10.8 Å². The maximum atomic E-state index is 12.1. The van der Waals surface area contributed by atoms with Crippen LogP contribution in [0.2, 0.25) is 0 Å². The van der Waals surface area contributed by atoms with Gasteiger partial charge in [0.15, 0.2) is 17.4 Å². The summed E-state index contributed by atoms with van der Waals surface area (Å²) in [5, 5.41) is 16.7. The van der Waals surface area contributed by atoms with Crippen molar-refractivity contribution in [3.05, 3.63) is 76.8 Å². The topological polar surface area (TPSA) is 104 Å². The summed E-state index contributed by atoms with van der Waals surface area (Å²) in [6, 6.07) is 18.3. The largest absolute Gasteiger partial charge is 0.451 e. The number of anilines is 2. The number of nitrogens with zero attached hydrogens (tertiary/aromatic N) is 2. The Morgan fingerprint density at radius 3 is 2.75 bits per heavy atom. The molecule has 2 aromatic carbocycles. The van der Waals surface area contributed by atoms with E-state index in [0.29, 0.717) is 22.9 Å².